The Bertz CT molecular complexity index is 1420. The zero-order valence-electron chi connectivity index (χ0n) is 21.3. The third kappa shape index (κ3) is 6.13. The normalized spacial score (nSPS) is 10.9. The van der Waals surface area contributed by atoms with Gasteiger partial charge in [-0.3, -0.25) is 10.1 Å². The number of aromatic nitrogens is 1. The summed E-state index contributed by atoms with van der Waals surface area (Å²) in [6.07, 6.45) is 3.83. The smallest absolute Gasteiger partial charge is 0.264 e. The highest BCUT2D eigenvalue weighted by atomic mass is 32.1. The van der Waals surface area contributed by atoms with Gasteiger partial charge in [-0.2, -0.15) is 0 Å². The number of rotatable bonds is 10. The van der Waals surface area contributed by atoms with Crippen molar-refractivity contribution in [2.24, 2.45) is 0 Å². The summed E-state index contributed by atoms with van der Waals surface area (Å²) in [5, 5.41) is 3.34. The SMILES string of the molecule is COc1ccc(/C=C\c2cc(OC)c(OC)c(OC)c2)cc1OCC(=O)Nc1nc2cc(C)ccc2s1. The van der Waals surface area contributed by atoms with Crippen LogP contribution in [0.1, 0.15) is 16.7 Å². The third-order valence-corrected chi connectivity index (χ3v) is 6.44. The molecule has 192 valence electrons. The minimum absolute atomic E-state index is 0.189. The molecule has 8 nitrogen and oxygen atoms in total. The molecule has 0 aliphatic rings. The lowest BCUT2D eigenvalue weighted by atomic mass is 10.1. The van der Waals surface area contributed by atoms with Crippen molar-refractivity contribution in [2.75, 3.05) is 40.4 Å². The average molecular weight is 521 g/mol. The van der Waals surface area contributed by atoms with E-state index >= 15 is 0 Å². The lowest BCUT2D eigenvalue weighted by Gasteiger charge is -2.13. The molecule has 0 saturated heterocycles. The van der Waals surface area contributed by atoms with E-state index in [-0.39, 0.29) is 12.5 Å². The number of anilines is 1. The monoisotopic (exact) mass is 520 g/mol. The topological polar surface area (TPSA) is 88.1 Å². The Hall–Kier alpha value is -4.24. The van der Waals surface area contributed by atoms with E-state index in [9.17, 15) is 4.79 Å². The van der Waals surface area contributed by atoms with Crippen LogP contribution in [0.3, 0.4) is 0 Å². The highest BCUT2D eigenvalue weighted by Gasteiger charge is 2.13. The van der Waals surface area contributed by atoms with E-state index in [0.29, 0.717) is 33.9 Å². The standard InChI is InChI=1S/C28H28N2O6S/c1-17-6-11-25-20(12-17)29-28(37-25)30-26(31)16-36-22-13-18(9-10-21(22)32-2)7-8-19-14-23(33-3)27(35-5)24(15-19)34-4/h6-15H,16H2,1-5H3,(H,29,30,31)/b8-7-. The van der Waals surface area contributed by atoms with Crippen molar-refractivity contribution in [3.05, 3.63) is 65.2 Å². The van der Waals surface area contributed by atoms with E-state index in [2.05, 4.69) is 10.3 Å². The molecule has 0 fully saturated rings. The maximum absolute atomic E-state index is 12.5. The van der Waals surface area contributed by atoms with Crippen molar-refractivity contribution < 1.29 is 28.5 Å². The van der Waals surface area contributed by atoms with Crippen LogP contribution in [0.15, 0.2) is 48.5 Å². The first-order valence-electron chi connectivity index (χ1n) is 11.4. The second-order valence-electron chi connectivity index (χ2n) is 8.03. The van der Waals surface area contributed by atoms with Crippen molar-refractivity contribution in [1.82, 2.24) is 4.98 Å². The highest BCUT2D eigenvalue weighted by molar-refractivity contribution is 7.22. The fourth-order valence-electron chi connectivity index (χ4n) is 3.69. The highest BCUT2D eigenvalue weighted by Crippen LogP contribution is 2.39. The van der Waals surface area contributed by atoms with Crippen LogP contribution in [0.4, 0.5) is 5.13 Å². The Kier molecular flexibility index (Phi) is 8.15. The molecule has 37 heavy (non-hydrogen) atoms. The number of hydrogen-bond donors (Lipinski definition) is 1. The van der Waals surface area contributed by atoms with E-state index in [1.807, 2.05) is 55.5 Å². The molecule has 1 N–H and O–H groups in total. The second-order valence-corrected chi connectivity index (χ2v) is 9.06. The number of nitrogens with one attached hydrogen (secondary N) is 1. The predicted molar refractivity (Wildman–Crippen MR) is 147 cm³/mol. The molecule has 4 rings (SSSR count). The first-order chi connectivity index (χ1) is 17.9. The summed E-state index contributed by atoms with van der Waals surface area (Å²) >= 11 is 1.42. The Labute approximate surface area is 219 Å². The lowest BCUT2D eigenvalue weighted by molar-refractivity contribution is -0.118. The van der Waals surface area contributed by atoms with Crippen molar-refractivity contribution >= 4 is 44.7 Å². The molecule has 4 aromatic rings. The van der Waals surface area contributed by atoms with Gasteiger partial charge in [-0.25, -0.2) is 4.98 Å². The van der Waals surface area contributed by atoms with Gasteiger partial charge < -0.3 is 23.7 Å². The van der Waals surface area contributed by atoms with Crippen LogP contribution in [-0.2, 0) is 4.79 Å². The molecule has 1 aromatic heterocycles. The van der Waals surface area contributed by atoms with E-state index < -0.39 is 0 Å². The van der Waals surface area contributed by atoms with Crippen molar-refractivity contribution in [3.63, 3.8) is 0 Å². The predicted octanol–water partition coefficient (Wildman–Crippen LogP) is 5.83. The van der Waals surface area contributed by atoms with Gasteiger partial charge in [-0.05, 0) is 60.0 Å². The summed E-state index contributed by atoms with van der Waals surface area (Å²) < 4.78 is 28.4. The minimum atomic E-state index is -0.309. The van der Waals surface area contributed by atoms with Gasteiger partial charge in [0.05, 0.1) is 38.7 Å². The van der Waals surface area contributed by atoms with Crippen molar-refractivity contribution in [1.29, 1.82) is 0 Å². The van der Waals surface area contributed by atoms with Gasteiger partial charge in [0.25, 0.3) is 5.91 Å². The van der Waals surface area contributed by atoms with Gasteiger partial charge in [-0.15, -0.1) is 0 Å². The molecule has 9 heteroatoms. The zero-order chi connectivity index (χ0) is 26.4. The Morgan fingerprint density at radius 3 is 2.19 bits per heavy atom. The lowest BCUT2D eigenvalue weighted by Crippen LogP contribution is -2.20. The van der Waals surface area contributed by atoms with Crippen LogP contribution in [-0.4, -0.2) is 45.9 Å². The van der Waals surface area contributed by atoms with Gasteiger partial charge in [0.1, 0.15) is 0 Å². The summed E-state index contributed by atoms with van der Waals surface area (Å²) in [5.74, 6) is 2.32. The molecule has 0 saturated carbocycles. The van der Waals surface area contributed by atoms with Gasteiger partial charge in [0, 0.05) is 0 Å². The fraction of sp³-hybridized carbons (Fsp3) is 0.214. The van der Waals surface area contributed by atoms with Gasteiger partial charge >= 0.3 is 0 Å². The number of benzene rings is 3. The van der Waals surface area contributed by atoms with E-state index in [0.717, 1.165) is 26.9 Å². The number of hydrogen-bond acceptors (Lipinski definition) is 8. The van der Waals surface area contributed by atoms with Crippen molar-refractivity contribution in [2.45, 2.75) is 6.92 Å². The van der Waals surface area contributed by atoms with Crippen molar-refractivity contribution in [3.8, 4) is 28.7 Å². The molecule has 1 amide bonds. The molecule has 0 atom stereocenters. The summed E-state index contributed by atoms with van der Waals surface area (Å²) in [6.45, 7) is 1.82. The molecule has 1 heterocycles. The summed E-state index contributed by atoms with van der Waals surface area (Å²) in [6, 6.07) is 15.2. The Morgan fingerprint density at radius 2 is 1.51 bits per heavy atom. The molecule has 3 aromatic carbocycles. The fourth-order valence-corrected chi connectivity index (χ4v) is 4.55. The van der Waals surface area contributed by atoms with E-state index in [4.69, 9.17) is 23.7 Å². The van der Waals surface area contributed by atoms with Gasteiger partial charge in [0.2, 0.25) is 5.75 Å². The molecular formula is C28H28N2O6S. The van der Waals surface area contributed by atoms with Crippen LogP contribution < -0.4 is 29.0 Å². The zero-order valence-corrected chi connectivity index (χ0v) is 22.1. The maximum Gasteiger partial charge on any atom is 0.264 e. The average Bonchev–Trinajstić information content (AvgIpc) is 3.31. The molecule has 0 spiro atoms. The number of thiazole rings is 1. The number of nitrogens with zero attached hydrogens (tertiary/aromatic N) is 1. The first-order valence-corrected chi connectivity index (χ1v) is 12.2. The first kappa shape index (κ1) is 25.8. The number of carbonyl (C=O) groups is 1. The number of fused-ring (bicyclic) bond motifs is 1. The summed E-state index contributed by atoms with van der Waals surface area (Å²) in [7, 11) is 6.27. The van der Waals surface area contributed by atoms with E-state index in [1.54, 1.807) is 40.6 Å². The quantitative estimate of drug-likeness (QED) is 0.263. The molecule has 0 bridgehead atoms. The number of carbonyl (C=O) groups excluding carboxylic acids is 1. The van der Waals surface area contributed by atoms with E-state index in [1.165, 1.54) is 11.3 Å². The summed E-state index contributed by atoms with van der Waals surface area (Å²) in [4.78, 5) is 17.0. The Morgan fingerprint density at radius 1 is 0.838 bits per heavy atom. The molecule has 0 radical (unpaired) electrons. The number of ether oxygens (including phenoxy) is 5. The largest absolute Gasteiger partial charge is 0.493 e. The second kappa shape index (κ2) is 11.7. The van der Waals surface area contributed by atoms with Crippen LogP contribution in [0, 0.1) is 6.92 Å². The number of aryl methyl sites for hydroxylation is 1. The number of methoxy groups -OCH3 is 4. The van der Waals surface area contributed by atoms with Crippen LogP contribution >= 0.6 is 11.3 Å². The molecular weight excluding hydrogens is 492 g/mol. The van der Waals surface area contributed by atoms with Crippen LogP contribution in [0.5, 0.6) is 28.7 Å². The molecule has 0 aliphatic carbocycles. The summed E-state index contributed by atoms with van der Waals surface area (Å²) in [5.41, 5.74) is 3.68. The van der Waals surface area contributed by atoms with Crippen LogP contribution in [0.2, 0.25) is 0 Å². The number of amides is 1. The molecule has 0 unspecified atom stereocenters. The minimum Gasteiger partial charge on any atom is -0.493 e. The van der Waals surface area contributed by atoms with Crippen LogP contribution in [0.25, 0.3) is 22.4 Å². The van der Waals surface area contributed by atoms with Gasteiger partial charge in [0.15, 0.2) is 34.7 Å². The Balaban J connectivity index is 1.46. The molecule has 0 aliphatic heterocycles. The third-order valence-electron chi connectivity index (χ3n) is 5.49. The maximum atomic E-state index is 12.5. The van der Waals surface area contributed by atoms with Gasteiger partial charge in [-0.1, -0.05) is 35.6 Å².